The highest BCUT2D eigenvalue weighted by molar-refractivity contribution is 8.00. The number of thioether (sulfide) groups is 1. The maximum Gasteiger partial charge on any atom is 0.438 e. The predicted molar refractivity (Wildman–Crippen MR) is 101 cm³/mol. The van der Waals surface area contributed by atoms with Gasteiger partial charge >= 0.3 is 32.5 Å². The summed E-state index contributed by atoms with van der Waals surface area (Å²) in [5.41, 5.74) is -1.17. The maximum atomic E-state index is 14.4. The second-order valence-electron chi connectivity index (χ2n) is 8.97. The highest BCUT2D eigenvalue weighted by Crippen LogP contribution is 2.59. The van der Waals surface area contributed by atoms with Crippen molar-refractivity contribution in [3.63, 3.8) is 0 Å². The average Bonchev–Trinajstić information content (AvgIpc) is 2.50. The molecule has 180 valence electrons. The van der Waals surface area contributed by atoms with E-state index < -0.39 is 60.0 Å². The second-order valence-corrected chi connectivity index (χ2v) is 11.6. The third-order valence-corrected chi connectivity index (χ3v) is 6.32. The summed E-state index contributed by atoms with van der Waals surface area (Å²) in [4.78, 5) is -0.574. The fourth-order valence-corrected chi connectivity index (χ4v) is 4.08. The molecule has 3 nitrogen and oxygen atoms in total. The molecule has 0 aliphatic carbocycles. The second kappa shape index (κ2) is 7.75. The molecule has 0 atom stereocenters. The van der Waals surface area contributed by atoms with Gasteiger partial charge in [-0.25, -0.2) is 0 Å². The van der Waals surface area contributed by atoms with Crippen LogP contribution in [0.2, 0.25) is 0 Å². The van der Waals surface area contributed by atoms with E-state index in [1.54, 1.807) is 20.8 Å². The van der Waals surface area contributed by atoms with Crippen LogP contribution < -0.4 is 0 Å². The van der Waals surface area contributed by atoms with Gasteiger partial charge in [-0.3, -0.25) is 4.55 Å². The summed E-state index contributed by atoms with van der Waals surface area (Å²) in [5, 5.41) is -12.8. The number of halogens is 8. The van der Waals surface area contributed by atoms with Gasteiger partial charge in [-0.05, 0) is 39.8 Å². The Labute approximate surface area is 179 Å². The van der Waals surface area contributed by atoms with Crippen LogP contribution in [0.15, 0.2) is 23.1 Å². The summed E-state index contributed by atoms with van der Waals surface area (Å²) in [6.07, 6.45) is 0. The maximum absolute atomic E-state index is 14.4. The van der Waals surface area contributed by atoms with Crippen LogP contribution in [0.3, 0.4) is 0 Å². The molecule has 1 aromatic rings. The SMILES string of the molecule is CC(C)(C)c1ccc(C(C)(C)C)c(SC(F)(F)C(F)(F)C(F)(F)C(F)(F)S(=O)(=O)O)c1. The van der Waals surface area contributed by atoms with Crippen LogP contribution in [0, 0.1) is 0 Å². The molecule has 13 heteroatoms. The van der Waals surface area contributed by atoms with Crippen molar-refractivity contribution in [1.82, 2.24) is 0 Å². The number of benzene rings is 1. The van der Waals surface area contributed by atoms with E-state index in [1.165, 1.54) is 32.9 Å². The van der Waals surface area contributed by atoms with Gasteiger partial charge in [-0.15, -0.1) is 0 Å². The molecular weight excluding hydrogens is 480 g/mol. The van der Waals surface area contributed by atoms with Gasteiger partial charge in [0.2, 0.25) is 0 Å². The first-order valence-corrected chi connectivity index (χ1v) is 10.9. The minimum atomic E-state index is -7.14. The highest BCUT2D eigenvalue weighted by Gasteiger charge is 2.84. The Morgan fingerprint density at radius 2 is 1.23 bits per heavy atom. The fraction of sp³-hybridized carbons (Fsp3) is 0.667. The molecule has 0 saturated carbocycles. The van der Waals surface area contributed by atoms with Crippen molar-refractivity contribution >= 4 is 21.9 Å². The predicted octanol–water partition coefficient (Wildman–Crippen LogP) is 6.72. The molecule has 1 N–H and O–H groups in total. The van der Waals surface area contributed by atoms with Gasteiger partial charge in [-0.2, -0.15) is 43.5 Å². The van der Waals surface area contributed by atoms with Gasteiger partial charge in [0, 0.05) is 4.90 Å². The fourth-order valence-electron chi connectivity index (χ4n) is 2.42. The van der Waals surface area contributed by atoms with E-state index in [0.29, 0.717) is 5.56 Å². The van der Waals surface area contributed by atoms with Crippen molar-refractivity contribution < 1.29 is 48.1 Å². The lowest BCUT2D eigenvalue weighted by molar-refractivity contribution is -0.325. The zero-order valence-corrected chi connectivity index (χ0v) is 19.0. The zero-order valence-electron chi connectivity index (χ0n) is 17.3. The molecule has 0 spiro atoms. The molecule has 0 bridgehead atoms. The van der Waals surface area contributed by atoms with Gasteiger partial charge in [0.1, 0.15) is 0 Å². The standard InChI is InChI=1S/C18H22F8O3S2/c1-13(2,3)10-7-8-11(14(4,5)6)12(9-10)30-17(23,24)15(19,20)16(21,22)18(25,26)31(27,28)29/h7-9H,1-6H3,(H,27,28,29). The van der Waals surface area contributed by atoms with Crippen molar-refractivity contribution in [2.24, 2.45) is 0 Å². The van der Waals surface area contributed by atoms with Crippen molar-refractivity contribution in [2.75, 3.05) is 0 Å². The largest absolute Gasteiger partial charge is 0.438 e. The number of alkyl halides is 8. The Morgan fingerprint density at radius 1 is 0.774 bits per heavy atom. The summed E-state index contributed by atoms with van der Waals surface area (Å²) in [6, 6.07) is 3.93. The quantitative estimate of drug-likeness (QED) is 0.267. The Hall–Kier alpha value is -1.08. The van der Waals surface area contributed by atoms with E-state index in [-0.39, 0.29) is 5.56 Å². The number of hydrogen-bond acceptors (Lipinski definition) is 3. The molecule has 0 unspecified atom stereocenters. The Balaban J connectivity index is 3.67. The van der Waals surface area contributed by atoms with Crippen LogP contribution in [0.25, 0.3) is 0 Å². The van der Waals surface area contributed by atoms with Gasteiger partial charge in [0.15, 0.2) is 0 Å². The Kier molecular flexibility index (Phi) is 6.99. The molecule has 1 aromatic carbocycles. The lowest BCUT2D eigenvalue weighted by Gasteiger charge is -2.35. The number of hydrogen-bond donors (Lipinski definition) is 1. The summed E-state index contributed by atoms with van der Waals surface area (Å²) < 4.78 is 140. The van der Waals surface area contributed by atoms with E-state index >= 15 is 0 Å². The molecule has 0 heterocycles. The van der Waals surface area contributed by atoms with Crippen LogP contribution in [-0.2, 0) is 20.9 Å². The highest BCUT2D eigenvalue weighted by atomic mass is 32.2. The van der Waals surface area contributed by atoms with Crippen LogP contribution in [0.5, 0.6) is 0 Å². The van der Waals surface area contributed by atoms with E-state index in [4.69, 9.17) is 4.55 Å². The molecule has 0 amide bonds. The third kappa shape index (κ3) is 4.97. The van der Waals surface area contributed by atoms with Crippen molar-refractivity contribution in [2.45, 2.75) is 79.6 Å². The van der Waals surface area contributed by atoms with Gasteiger partial charge in [0.05, 0.1) is 0 Å². The Morgan fingerprint density at radius 3 is 1.58 bits per heavy atom. The minimum absolute atomic E-state index is 0.0471. The molecule has 0 saturated heterocycles. The molecule has 0 aromatic heterocycles. The normalized spacial score (nSPS) is 15.3. The molecular formula is C18H22F8O3S2. The van der Waals surface area contributed by atoms with E-state index in [0.717, 1.165) is 6.07 Å². The van der Waals surface area contributed by atoms with Crippen LogP contribution >= 0.6 is 11.8 Å². The average molecular weight is 502 g/mol. The Bertz CT molecular complexity index is 930. The monoisotopic (exact) mass is 502 g/mol. The summed E-state index contributed by atoms with van der Waals surface area (Å²) in [6.45, 7) is 9.59. The topological polar surface area (TPSA) is 54.4 Å². The minimum Gasteiger partial charge on any atom is -0.281 e. The first kappa shape index (κ1) is 28.0. The molecule has 0 aliphatic rings. The van der Waals surface area contributed by atoms with Crippen LogP contribution in [0.4, 0.5) is 35.1 Å². The number of rotatable bonds is 6. The molecule has 31 heavy (non-hydrogen) atoms. The van der Waals surface area contributed by atoms with Crippen molar-refractivity contribution in [3.05, 3.63) is 29.3 Å². The summed E-state index contributed by atoms with van der Waals surface area (Å²) >= 11 is -1.08. The first-order valence-electron chi connectivity index (χ1n) is 8.63. The zero-order chi connectivity index (χ0) is 25.1. The van der Waals surface area contributed by atoms with Gasteiger partial charge in [0.25, 0.3) is 0 Å². The summed E-state index contributed by atoms with van der Waals surface area (Å²) in [5.74, 6) is -14.0. The van der Waals surface area contributed by atoms with Gasteiger partial charge in [-0.1, -0.05) is 53.7 Å². The smallest absolute Gasteiger partial charge is 0.281 e. The van der Waals surface area contributed by atoms with E-state index in [2.05, 4.69) is 0 Å². The first-order chi connectivity index (χ1) is 13.3. The summed E-state index contributed by atoms with van der Waals surface area (Å²) in [7, 11) is -7.14. The lowest BCUT2D eigenvalue weighted by Crippen LogP contribution is -2.63. The van der Waals surface area contributed by atoms with E-state index in [9.17, 15) is 43.5 Å². The molecule has 0 aliphatic heterocycles. The lowest BCUT2D eigenvalue weighted by atomic mass is 9.82. The molecule has 1 rings (SSSR count). The molecule has 0 radical (unpaired) electrons. The van der Waals surface area contributed by atoms with Crippen molar-refractivity contribution in [3.8, 4) is 0 Å². The third-order valence-electron chi connectivity index (χ3n) is 4.34. The van der Waals surface area contributed by atoms with E-state index in [1.807, 2.05) is 0 Å². The van der Waals surface area contributed by atoms with Crippen molar-refractivity contribution in [1.29, 1.82) is 0 Å². The van der Waals surface area contributed by atoms with Crippen LogP contribution in [0.1, 0.15) is 52.7 Å². The van der Waals surface area contributed by atoms with Gasteiger partial charge < -0.3 is 0 Å². The van der Waals surface area contributed by atoms with Crippen LogP contribution in [-0.4, -0.2) is 35.3 Å². The molecule has 0 fully saturated rings.